The van der Waals surface area contributed by atoms with Crippen LogP contribution in [-0.2, 0) is 0 Å². The summed E-state index contributed by atoms with van der Waals surface area (Å²) in [7, 11) is -1.63. The molecule has 11 heavy (non-hydrogen) atoms. The lowest BCUT2D eigenvalue weighted by atomic mass is 10.4. The molecule has 0 spiro atoms. The van der Waals surface area contributed by atoms with Crippen molar-refractivity contribution in [3.05, 3.63) is 24.3 Å². The van der Waals surface area contributed by atoms with Gasteiger partial charge in [0.2, 0.25) is 0 Å². The number of thioether (sulfide) groups is 1. The summed E-state index contributed by atoms with van der Waals surface area (Å²) in [6, 6.07) is 8.10. The molecule has 0 aliphatic rings. The van der Waals surface area contributed by atoms with E-state index in [1.165, 1.54) is 4.90 Å². The number of hydrogen-bond donors (Lipinski definition) is 0. The first-order chi connectivity index (χ1) is 5.24. The molecule has 1 rings (SSSR count). The highest BCUT2D eigenvalue weighted by Crippen LogP contribution is 2.12. The monoisotopic (exact) mass is 222 g/mol. The van der Waals surface area contributed by atoms with Crippen LogP contribution in [0.25, 0.3) is 0 Å². The van der Waals surface area contributed by atoms with Crippen LogP contribution in [-0.4, -0.2) is 13.7 Å². The predicted molar refractivity (Wildman–Crippen MR) is 56.7 cm³/mol. The first-order valence-corrected chi connectivity index (χ1v) is 8.45. The van der Waals surface area contributed by atoms with Crippen molar-refractivity contribution in [2.75, 3.05) is 6.26 Å². The predicted octanol–water partition coefficient (Wildman–Crippen LogP) is 2.31. The Hall–Kier alpha value is 0.367. The van der Waals surface area contributed by atoms with Crippen molar-refractivity contribution in [2.45, 2.75) is 4.90 Å². The highest BCUT2D eigenvalue weighted by molar-refractivity contribution is 7.98. The maximum Gasteiger partial charge on any atom is 0.266 e. The fraction of sp³-hybridized carbons (Fsp3) is 0.143. The normalized spacial score (nSPS) is 10.5. The second-order valence-corrected chi connectivity index (χ2v) is 7.51. The summed E-state index contributed by atoms with van der Waals surface area (Å²) >= 11 is 13.3. The van der Waals surface area contributed by atoms with Crippen molar-refractivity contribution in [3.8, 4) is 0 Å². The molecule has 0 aromatic heterocycles. The van der Waals surface area contributed by atoms with Crippen molar-refractivity contribution in [1.29, 1.82) is 0 Å². The summed E-state index contributed by atoms with van der Waals surface area (Å²) < 4.78 is 0. The second kappa shape index (κ2) is 4.41. The van der Waals surface area contributed by atoms with Gasteiger partial charge in [0.25, 0.3) is 7.42 Å². The zero-order valence-electron chi connectivity index (χ0n) is 6.05. The maximum absolute atomic E-state index is 5.80. The van der Waals surface area contributed by atoms with E-state index in [0.717, 1.165) is 5.19 Å². The lowest BCUT2D eigenvalue weighted by Crippen LogP contribution is -2.16. The molecule has 0 radical (unpaired) electrons. The Morgan fingerprint density at radius 3 is 2.09 bits per heavy atom. The van der Waals surface area contributed by atoms with E-state index < -0.39 is 7.42 Å². The van der Waals surface area contributed by atoms with Crippen LogP contribution in [0.4, 0.5) is 0 Å². The van der Waals surface area contributed by atoms with Crippen LogP contribution < -0.4 is 5.19 Å². The van der Waals surface area contributed by atoms with Crippen molar-refractivity contribution < 1.29 is 0 Å². The molecule has 0 amide bonds. The minimum Gasteiger partial charge on any atom is -0.144 e. The minimum atomic E-state index is -1.63. The van der Waals surface area contributed by atoms with Crippen LogP contribution >= 0.6 is 33.9 Å². The number of halogens is 2. The summed E-state index contributed by atoms with van der Waals surface area (Å²) in [5.74, 6) is 0. The van der Waals surface area contributed by atoms with E-state index in [1.807, 2.05) is 30.5 Å². The zero-order chi connectivity index (χ0) is 8.27. The lowest BCUT2D eigenvalue weighted by Gasteiger charge is -1.99. The highest BCUT2D eigenvalue weighted by Gasteiger charge is 2.04. The van der Waals surface area contributed by atoms with E-state index in [4.69, 9.17) is 22.2 Å². The fourth-order valence-corrected chi connectivity index (χ4v) is 2.51. The Morgan fingerprint density at radius 1 is 1.18 bits per heavy atom. The van der Waals surface area contributed by atoms with Gasteiger partial charge in [-0.25, -0.2) is 0 Å². The van der Waals surface area contributed by atoms with Crippen molar-refractivity contribution in [2.24, 2.45) is 0 Å². The third-order valence-electron chi connectivity index (χ3n) is 1.37. The third kappa shape index (κ3) is 2.71. The summed E-state index contributed by atoms with van der Waals surface area (Å²) in [6.07, 6.45) is 2.05. The Morgan fingerprint density at radius 2 is 1.73 bits per heavy atom. The smallest absolute Gasteiger partial charge is 0.144 e. The first-order valence-electron chi connectivity index (χ1n) is 3.16. The molecule has 1 aromatic carbocycles. The van der Waals surface area contributed by atoms with Crippen molar-refractivity contribution >= 4 is 46.5 Å². The van der Waals surface area contributed by atoms with E-state index in [-0.39, 0.29) is 0 Å². The van der Waals surface area contributed by atoms with E-state index in [1.54, 1.807) is 11.8 Å². The van der Waals surface area contributed by atoms with Crippen LogP contribution in [0.1, 0.15) is 0 Å². The van der Waals surface area contributed by atoms with Gasteiger partial charge in [0, 0.05) is 4.90 Å². The lowest BCUT2D eigenvalue weighted by molar-refractivity contribution is 1.49. The molecular formula is C7H8Cl2SSi. The standard InChI is InChI=1S/C7H8Cl2SSi/c1-10-6-2-4-7(5-3-6)11(8)9/h2-5,11H,1H3. The van der Waals surface area contributed by atoms with Crippen molar-refractivity contribution in [3.63, 3.8) is 0 Å². The summed E-state index contributed by atoms with van der Waals surface area (Å²) in [5.41, 5.74) is 0. The topological polar surface area (TPSA) is 0 Å². The quantitative estimate of drug-likeness (QED) is 0.421. The van der Waals surface area contributed by atoms with E-state index in [9.17, 15) is 0 Å². The maximum atomic E-state index is 5.80. The Kier molecular flexibility index (Phi) is 3.79. The highest BCUT2D eigenvalue weighted by atomic mass is 35.7. The molecule has 0 nitrogen and oxygen atoms in total. The van der Waals surface area contributed by atoms with Gasteiger partial charge in [-0.05, 0) is 23.6 Å². The molecule has 0 aliphatic carbocycles. The minimum absolute atomic E-state index is 1.09. The summed E-state index contributed by atoms with van der Waals surface area (Å²) in [5, 5.41) is 1.09. The Labute approximate surface area is 81.9 Å². The Bertz CT molecular complexity index is 222. The van der Waals surface area contributed by atoms with Crippen LogP contribution in [0.3, 0.4) is 0 Å². The number of benzene rings is 1. The summed E-state index contributed by atoms with van der Waals surface area (Å²) in [4.78, 5) is 1.25. The van der Waals surface area contributed by atoms with Crippen LogP contribution in [0.15, 0.2) is 29.2 Å². The molecule has 1 aromatic rings. The van der Waals surface area contributed by atoms with Crippen molar-refractivity contribution in [1.82, 2.24) is 0 Å². The molecule has 60 valence electrons. The van der Waals surface area contributed by atoms with Gasteiger partial charge in [0.05, 0.1) is 0 Å². The van der Waals surface area contributed by atoms with Gasteiger partial charge in [0.15, 0.2) is 0 Å². The zero-order valence-corrected chi connectivity index (χ0v) is 9.53. The van der Waals surface area contributed by atoms with Gasteiger partial charge in [-0.15, -0.1) is 33.9 Å². The van der Waals surface area contributed by atoms with Gasteiger partial charge in [0.1, 0.15) is 0 Å². The SMILES string of the molecule is CSc1ccc([SiH](Cl)Cl)cc1. The van der Waals surface area contributed by atoms with Gasteiger partial charge < -0.3 is 0 Å². The average Bonchev–Trinajstić information content (AvgIpc) is 2.05. The van der Waals surface area contributed by atoms with Crippen LogP contribution in [0.5, 0.6) is 0 Å². The molecule has 0 aliphatic heterocycles. The molecule has 0 bridgehead atoms. The second-order valence-electron chi connectivity index (χ2n) is 2.07. The molecule has 0 saturated carbocycles. The Balaban J connectivity index is 2.83. The van der Waals surface area contributed by atoms with Gasteiger partial charge in [-0.1, -0.05) is 12.1 Å². The molecule has 0 N–H and O–H groups in total. The van der Waals surface area contributed by atoms with Crippen LogP contribution in [0, 0.1) is 0 Å². The molecule has 0 atom stereocenters. The summed E-state index contributed by atoms with van der Waals surface area (Å²) in [6.45, 7) is 0. The van der Waals surface area contributed by atoms with Crippen LogP contribution in [0.2, 0.25) is 0 Å². The average molecular weight is 223 g/mol. The molecular weight excluding hydrogens is 215 g/mol. The molecule has 0 unspecified atom stereocenters. The largest absolute Gasteiger partial charge is 0.266 e. The van der Waals surface area contributed by atoms with Gasteiger partial charge in [-0.3, -0.25) is 0 Å². The van der Waals surface area contributed by atoms with Gasteiger partial charge >= 0.3 is 0 Å². The number of hydrogen-bond acceptors (Lipinski definition) is 1. The third-order valence-corrected chi connectivity index (χ3v) is 4.51. The molecule has 0 fully saturated rings. The van der Waals surface area contributed by atoms with Gasteiger partial charge in [-0.2, -0.15) is 0 Å². The molecule has 0 saturated heterocycles. The first kappa shape index (κ1) is 9.45. The molecule has 4 heteroatoms. The van der Waals surface area contributed by atoms with E-state index >= 15 is 0 Å². The van der Waals surface area contributed by atoms with E-state index in [2.05, 4.69) is 0 Å². The van der Waals surface area contributed by atoms with E-state index in [0.29, 0.717) is 0 Å². The number of rotatable bonds is 2. The molecule has 0 heterocycles. The fourth-order valence-electron chi connectivity index (χ4n) is 0.749.